The first-order valence-electron chi connectivity index (χ1n) is 5.76. The van der Waals surface area contributed by atoms with Crippen LogP contribution in [-0.4, -0.2) is 16.1 Å². The summed E-state index contributed by atoms with van der Waals surface area (Å²) in [5.74, 6) is -0.207. The van der Waals surface area contributed by atoms with Crippen LogP contribution in [0.15, 0.2) is 39.7 Å². The fraction of sp³-hybridized carbons (Fsp3) is 0. The van der Waals surface area contributed by atoms with Crippen molar-refractivity contribution in [3.8, 4) is 0 Å². The Hall–Kier alpha value is -1.34. The number of nitrogens with one attached hydrogen (secondary N) is 1. The summed E-state index contributed by atoms with van der Waals surface area (Å²) in [6.45, 7) is 0. The minimum Gasteiger partial charge on any atom is -0.300 e. The van der Waals surface area contributed by atoms with E-state index in [1.807, 2.05) is 5.38 Å². The third kappa shape index (κ3) is 3.47. The second-order valence-electron chi connectivity index (χ2n) is 3.96. The molecule has 1 amide bonds. The maximum absolute atomic E-state index is 11.9. The van der Waals surface area contributed by atoms with Gasteiger partial charge in [-0.05, 0) is 35.5 Å². The first kappa shape index (κ1) is 14.6. The van der Waals surface area contributed by atoms with Gasteiger partial charge in [-0.25, -0.2) is 4.98 Å². The van der Waals surface area contributed by atoms with Gasteiger partial charge in [0.2, 0.25) is 5.13 Å². The zero-order valence-corrected chi connectivity index (χ0v) is 13.5. The van der Waals surface area contributed by atoms with E-state index in [4.69, 9.17) is 23.2 Å². The summed E-state index contributed by atoms with van der Waals surface area (Å²) in [4.78, 5) is 20.8. The van der Waals surface area contributed by atoms with E-state index < -0.39 is 0 Å². The summed E-state index contributed by atoms with van der Waals surface area (Å²) in [5.41, 5.74) is 0.731. The SMILES string of the molecule is O=C1NC(=Nc2nccs2)S/C1=C\c1ccc(Cl)cc1Cl. The highest BCUT2D eigenvalue weighted by Crippen LogP contribution is 2.31. The zero-order valence-electron chi connectivity index (χ0n) is 10.3. The van der Waals surface area contributed by atoms with Crippen LogP contribution in [0.3, 0.4) is 0 Å². The molecule has 2 heterocycles. The standard InChI is InChI=1S/C13H7Cl2N3OS2/c14-8-2-1-7(9(15)6-8)5-10-11(19)17-13(21-10)18-12-16-3-4-20-12/h1-6H,(H,16,17,18,19)/b10-5-. The summed E-state index contributed by atoms with van der Waals surface area (Å²) < 4.78 is 0. The Kier molecular flexibility index (Phi) is 4.30. The van der Waals surface area contributed by atoms with Crippen LogP contribution in [0.1, 0.15) is 5.56 Å². The van der Waals surface area contributed by atoms with Crippen molar-refractivity contribution in [1.29, 1.82) is 0 Å². The molecule has 4 nitrogen and oxygen atoms in total. The molecule has 1 N–H and O–H groups in total. The van der Waals surface area contributed by atoms with Gasteiger partial charge in [0.05, 0.1) is 4.91 Å². The number of nitrogens with zero attached hydrogens (tertiary/aromatic N) is 2. The van der Waals surface area contributed by atoms with Gasteiger partial charge < -0.3 is 5.32 Å². The van der Waals surface area contributed by atoms with Gasteiger partial charge in [-0.1, -0.05) is 29.3 Å². The molecule has 0 bridgehead atoms. The Morgan fingerprint density at radius 2 is 2.19 bits per heavy atom. The summed E-state index contributed by atoms with van der Waals surface area (Å²) in [6, 6.07) is 5.13. The minimum atomic E-state index is -0.207. The van der Waals surface area contributed by atoms with Gasteiger partial charge in [0.1, 0.15) is 0 Å². The fourth-order valence-electron chi connectivity index (χ4n) is 1.60. The minimum absolute atomic E-state index is 0.207. The number of carbonyl (C=O) groups is 1. The molecule has 0 aliphatic carbocycles. The van der Waals surface area contributed by atoms with Crippen LogP contribution in [0.2, 0.25) is 10.0 Å². The predicted octanol–water partition coefficient (Wildman–Crippen LogP) is 4.34. The van der Waals surface area contributed by atoms with Gasteiger partial charge in [-0.15, -0.1) is 11.3 Å². The third-order valence-corrected chi connectivity index (χ3v) is 4.65. The number of hydrogen-bond acceptors (Lipinski definition) is 5. The maximum atomic E-state index is 11.9. The number of benzene rings is 1. The molecule has 1 aromatic heterocycles. The molecule has 1 saturated heterocycles. The topological polar surface area (TPSA) is 54.4 Å². The average molecular weight is 356 g/mol. The molecule has 0 radical (unpaired) electrons. The average Bonchev–Trinajstić information content (AvgIpc) is 3.04. The Morgan fingerprint density at radius 1 is 1.33 bits per heavy atom. The van der Waals surface area contributed by atoms with Crippen LogP contribution in [0.5, 0.6) is 0 Å². The van der Waals surface area contributed by atoms with Gasteiger partial charge in [-0.2, -0.15) is 4.99 Å². The van der Waals surface area contributed by atoms with Crippen molar-refractivity contribution in [2.45, 2.75) is 0 Å². The molecule has 21 heavy (non-hydrogen) atoms. The van der Waals surface area contributed by atoms with E-state index >= 15 is 0 Å². The molecule has 2 aromatic rings. The van der Waals surface area contributed by atoms with E-state index in [1.165, 1.54) is 23.1 Å². The van der Waals surface area contributed by atoms with Crippen molar-refractivity contribution < 1.29 is 4.79 Å². The molecule has 0 unspecified atom stereocenters. The van der Waals surface area contributed by atoms with Crippen LogP contribution in [0.25, 0.3) is 6.08 Å². The molecule has 1 aliphatic heterocycles. The van der Waals surface area contributed by atoms with Crippen LogP contribution in [0, 0.1) is 0 Å². The van der Waals surface area contributed by atoms with Crippen molar-refractivity contribution in [2.75, 3.05) is 0 Å². The number of thioether (sulfide) groups is 1. The van der Waals surface area contributed by atoms with Gasteiger partial charge in [0.15, 0.2) is 5.17 Å². The van der Waals surface area contributed by atoms with Crippen LogP contribution < -0.4 is 5.32 Å². The highest BCUT2D eigenvalue weighted by Gasteiger charge is 2.24. The first-order valence-corrected chi connectivity index (χ1v) is 8.21. The zero-order chi connectivity index (χ0) is 14.8. The van der Waals surface area contributed by atoms with E-state index in [9.17, 15) is 4.79 Å². The Bertz CT molecular complexity index is 757. The van der Waals surface area contributed by atoms with Crippen molar-refractivity contribution >= 4 is 68.6 Å². The summed E-state index contributed by atoms with van der Waals surface area (Å²) in [6.07, 6.45) is 3.37. The lowest BCUT2D eigenvalue weighted by atomic mass is 10.2. The van der Waals surface area contributed by atoms with E-state index in [-0.39, 0.29) is 5.91 Å². The van der Waals surface area contributed by atoms with Gasteiger partial charge >= 0.3 is 0 Å². The molecule has 0 spiro atoms. The number of thiazole rings is 1. The highest BCUT2D eigenvalue weighted by atomic mass is 35.5. The van der Waals surface area contributed by atoms with Crippen LogP contribution >= 0.6 is 46.3 Å². The molecule has 1 fully saturated rings. The Labute approximate surface area is 138 Å². The molecule has 8 heteroatoms. The van der Waals surface area contributed by atoms with Gasteiger partial charge in [-0.3, -0.25) is 4.79 Å². The number of amidine groups is 1. The molecule has 0 atom stereocenters. The number of rotatable bonds is 2. The lowest BCUT2D eigenvalue weighted by Gasteiger charge is -1.99. The number of carbonyl (C=O) groups excluding carboxylic acids is 1. The van der Waals surface area contributed by atoms with Crippen molar-refractivity contribution in [1.82, 2.24) is 10.3 Å². The summed E-state index contributed by atoms with van der Waals surface area (Å²) in [5, 5.41) is 6.67. The summed E-state index contributed by atoms with van der Waals surface area (Å²) >= 11 is 14.6. The summed E-state index contributed by atoms with van der Waals surface area (Å²) in [7, 11) is 0. The first-order chi connectivity index (χ1) is 10.1. The smallest absolute Gasteiger partial charge is 0.264 e. The van der Waals surface area contributed by atoms with Gasteiger partial charge in [0.25, 0.3) is 5.91 Å². The molecule has 0 saturated carbocycles. The number of amides is 1. The van der Waals surface area contributed by atoms with E-state index in [0.717, 1.165) is 5.56 Å². The fourth-order valence-corrected chi connectivity index (χ4v) is 3.44. The van der Waals surface area contributed by atoms with Crippen molar-refractivity contribution in [3.05, 3.63) is 50.3 Å². The molecule has 1 aliphatic rings. The van der Waals surface area contributed by atoms with Crippen LogP contribution in [0.4, 0.5) is 5.13 Å². The van der Waals surface area contributed by atoms with Crippen molar-refractivity contribution in [3.63, 3.8) is 0 Å². The van der Waals surface area contributed by atoms with Gasteiger partial charge in [0, 0.05) is 21.6 Å². The molecule has 3 rings (SSSR count). The monoisotopic (exact) mass is 355 g/mol. The normalized spacial score (nSPS) is 18.5. The number of hydrogen-bond donors (Lipinski definition) is 1. The van der Waals surface area contributed by atoms with E-state index in [2.05, 4.69) is 15.3 Å². The maximum Gasteiger partial charge on any atom is 0.264 e. The lowest BCUT2D eigenvalue weighted by molar-refractivity contribution is -0.115. The molecule has 1 aromatic carbocycles. The van der Waals surface area contributed by atoms with Crippen LogP contribution in [-0.2, 0) is 4.79 Å². The van der Waals surface area contributed by atoms with E-state index in [1.54, 1.807) is 30.5 Å². The number of aromatic nitrogens is 1. The quantitative estimate of drug-likeness (QED) is 0.815. The second-order valence-corrected chi connectivity index (χ2v) is 6.71. The Morgan fingerprint density at radius 3 is 2.90 bits per heavy atom. The second kappa shape index (κ2) is 6.19. The lowest BCUT2D eigenvalue weighted by Crippen LogP contribution is -2.19. The number of halogens is 2. The Balaban J connectivity index is 1.86. The predicted molar refractivity (Wildman–Crippen MR) is 89.4 cm³/mol. The third-order valence-electron chi connectivity index (χ3n) is 2.52. The van der Waals surface area contributed by atoms with E-state index in [0.29, 0.717) is 25.2 Å². The number of aliphatic imine (C=N–C) groups is 1. The van der Waals surface area contributed by atoms with Crippen molar-refractivity contribution in [2.24, 2.45) is 4.99 Å². The highest BCUT2D eigenvalue weighted by molar-refractivity contribution is 8.18. The largest absolute Gasteiger partial charge is 0.300 e. The molecule has 106 valence electrons. The molecular formula is C13H7Cl2N3OS2. The molecular weight excluding hydrogens is 349 g/mol.